The minimum absolute atomic E-state index is 0.0436. The highest BCUT2D eigenvalue weighted by Crippen LogP contribution is 2.14. The number of hydrogen-bond donors (Lipinski definition) is 1. The van der Waals surface area contributed by atoms with Crippen molar-refractivity contribution in [2.75, 3.05) is 13.1 Å². The molecular weight excluding hydrogens is 371 g/mol. The van der Waals surface area contributed by atoms with E-state index in [0.29, 0.717) is 29.7 Å². The van der Waals surface area contributed by atoms with Crippen LogP contribution in [0.2, 0.25) is 10.0 Å². The second kappa shape index (κ2) is 10.2. The molecule has 0 bridgehead atoms. The first-order chi connectivity index (χ1) is 12.5. The van der Waals surface area contributed by atoms with Crippen molar-refractivity contribution in [1.29, 1.82) is 0 Å². The van der Waals surface area contributed by atoms with E-state index in [4.69, 9.17) is 23.2 Å². The minimum Gasteiger partial charge on any atom is -0.352 e. The Hall–Kier alpha value is -2.04. The Morgan fingerprint density at radius 1 is 1.00 bits per heavy atom. The number of hydrogen-bond acceptors (Lipinski definition) is 2. The average Bonchev–Trinajstić information content (AvgIpc) is 2.62. The molecule has 2 amide bonds. The van der Waals surface area contributed by atoms with Gasteiger partial charge in [0.2, 0.25) is 11.8 Å². The fraction of sp³-hybridized carbons (Fsp3) is 0.300. The Labute approximate surface area is 164 Å². The number of rotatable bonds is 8. The van der Waals surface area contributed by atoms with Gasteiger partial charge in [0.05, 0.1) is 0 Å². The smallest absolute Gasteiger partial charge is 0.222 e. The number of benzene rings is 2. The molecule has 138 valence electrons. The lowest BCUT2D eigenvalue weighted by Gasteiger charge is -2.21. The lowest BCUT2D eigenvalue weighted by molar-refractivity contribution is -0.129. The van der Waals surface area contributed by atoms with Crippen LogP contribution in [0.25, 0.3) is 0 Å². The van der Waals surface area contributed by atoms with E-state index in [1.165, 1.54) is 6.92 Å². The highest BCUT2D eigenvalue weighted by atomic mass is 35.5. The van der Waals surface area contributed by atoms with Gasteiger partial charge in [-0.05, 0) is 35.7 Å². The van der Waals surface area contributed by atoms with E-state index in [1.807, 2.05) is 42.5 Å². The molecule has 2 aromatic carbocycles. The van der Waals surface area contributed by atoms with Crippen molar-refractivity contribution < 1.29 is 9.59 Å². The Bertz CT molecular complexity index is 748. The van der Waals surface area contributed by atoms with Crippen molar-refractivity contribution in [2.24, 2.45) is 0 Å². The monoisotopic (exact) mass is 392 g/mol. The normalized spacial score (nSPS) is 10.4. The van der Waals surface area contributed by atoms with Gasteiger partial charge >= 0.3 is 0 Å². The zero-order valence-electron chi connectivity index (χ0n) is 14.7. The minimum atomic E-state index is -0.109. The van der Waals surface area contributed by atoms with Crippen LogP contribution < -0.4 is 5.32 Å². The van der Waals surface area contributed by atoms with Crippen LogP contribution in [0, 0.1) is 0 Å². The maximum Gasteiger partial charge on any atom is 0.222 e. The van der Waals surface area contributed by atoms with Crippen LogP contribution in [0.5, 0.6) is 0 Å². The summed E-state index contributed by atoms with van der Waals surface area (Å²) in [5.41, 5.74) is 1.97. The first-order valence-electron chi connectivity index (χ1n) is 8.46. The lowest BCUT2D eigenvalue weighted by atomic mass is 10.1. The van der Waals surface area contributed by atoms with Crippen LogP contribution in [0.1, 0.15) is 24.5 Å². The van der Waals surface area contributed by atoms with Crippen LogP contribution in [0.3, 0.4) is 0 Å². The summed E-state index contributed by atoms with van der Waals surface area (Å²) in [6, 6.07) is 14.9. The quantitative estimate of drug-likeness (QED) is 0.735. The second-order valence-corrected chi connectivity index (χ2v) is 6.84. The molecule has 0 heterocycles. The van der Waals surface area contributed by atoms with Crippen molar-refractivity contribution in [2.45, 2.75) is 26.3 Å². The number of halogens is 2. The number of carbonyl (C=O) groups excluding carboxylic acids is 2. The summed E-state index contributed by atoms with van der Waals surface area (Å²) in [4.78, 5) is 25.6. The van der Waals surface area contributed by atoms with E-state index < -0.39 is 0 Å². The molecule has 26 heavy (non-hydrogen) atoms. The number of nitrogens with one attached hydrogen (secondary N) is 1. The van der Waals surface area contributed by atoms with E-state index in [1.54, 1.807) is 11.0 Å². The van der Waals surface area contributed by atoms with Gasteiger partial charge in [-0.1, -0.05) is 53.5 Å². The molecule has 0 aromatic heterocycles. The van der Waals surface area contributed by atoms with E-state index >= 15 is 0 Å². The van der Waals surface area contributed by atoms with Gasteiger partial charge in [0.1, 0.15) is 0 Å². The summed E-state index contributed by atoms with van der Waals surface area (Å²) in [5, 5.41) is 4.15. The third kappa shape index (κ3) is 6.70. The molecule has 0 aliphatic heterocycles. The molecule has 1 N–H and O–H groups in total. The van der Waals surface area contributed by atoms with Gasteiger partial charge in [-0.25, -0.2) is 0 Å². The molecule has 0 spiro atoms. The lowest BCUT2D eigenvalue weighted by Crippen LogP contribution is -2.35. The predicted molar refractivity (Wildman–Crippen MR) is 105 cm³/mol. The largest absolute Gasteiger partial charge is 0.352 e. The SMILES string of the molecule is CC(=O)N(CCC(=O)NCc1ccccc1Cl)CCc1ccc(Cl)cc1. The third-order valence-electron chi connectivity index (χ3n) is 4.07. The first kappa shape index (κ1) is 20.3. The molecule has 0 radical (unpaired) electrons. The van der Waals surface area contributed by atoms with Crippen molar-refractivity contribution in [1.82, 2.24) is 10.2 Å². The van der Waals surface area contributed by atoms with E-state index in [9.17, 15) is 9.59 Å². The molecule has 0 fully saturated rings. The Kier molecular flexibility index (Phi) is 7.95. The third-order valence-corrected chi connectivity index (χ3v) is 4.69. The molecule has 2 aromatic rings. The molecule has 0 atom stereocenters. The Balaban J connectivity index is 1.78. The summed E-state index contributed by atoms with van der Waals surface area (Å²) < 4.78 is 0. The zero-order chi connectivity index (χ0) is 18.9. The Morgan fingerprint density at radius 2 is 1.69 bits per heavy atom. The number of nitrogens with zero attached hydrogens (tertiary/aromatic N) is 1. The van der Waals surface area contributed by atoms with Crippen LogP contribution >= 0.6 is 23.2 Å². The van der Waals surface area contributed by atoms with Gasteiger partial charge in [-0.15, -0.1) is 0 Å². The highest BCUT2D eigenvalue weighted by Gasteiger charge is 2.11. The zero-order valence-corrected chi connectivity index (χ0v) is 16.2. The summed E-state index contributed by atoms with van der Waals surface area (Å²) in [6.45, 7) is 2.85. The maximum atomic E-state index is 12.1. The molecule has 0 aliphatic carbocycles. The van der Waals surface area contributed by atoms with Gasteiger partial charge in [-0.2, -0.15) is 0 Å². The van der Waals surface area contributed by atoms with E-state index in [-0.39, 0.29) is 18.2 Å². The number of carbonyl (C=O) groups is 2. The van der Waals surface area contributed by atoms with Crippen molar-refractivity contribution in [3.63, 3.8) is 0 Å². The van der Waals surface area contributed by atoms with Gasteiger partial charge in [-0.3, -0.25) is 9.59 Å². The molecular formula is C20H22Cl2N2O2. The molecule has 0 unspecified atom stereocenters. The molecule has 2 rings (SSSR count). The van der Waals surface area contributed by atoms with Crippen LogP contribution in [-0.2, 0) is 22.6 Å². The fourth-order valence-corrected chi connectivity index (χ4v) is 2.83. The molecule has 4 nitrogen and oxygen atoms in total. The maximum absolute atomic E-state index is 12.1. The highest BCUT2D eigenvalue weighted by molar-refractivity contribution is 6.31. The van der Waals surface area contributed by atoms with Gasteiger partial charge in [0.15, 0.2) is 0 Å². The Morgan fingerprint density at radius 3 is 2.35 bits per heavy atom. The predicted octanol–water partition coefficient (Wildman–Crippen LogP) is 4.09. The van der Waals surface area contributed by atoms with Gasteiger partial charge in [0.25, 0.3) is 0 Å². The van der Waals surface area contributed by atoms with Crippen LogP contribution in [0.4, 0.5) is 0 Å². The molecule has 6 heteroatoms. The van der Waals surface area contributed by atoms with Gasteiger partial charge in [0, 0.05) is 43.0 Å². The average molecular weight is 393 g/mol. The van der Waals surface area contributed by atoms with Crippen molar-refractivity contribution in [3.8, 4) is 0 Å². The molecule has 0 saturated carbocycles. The summed E-state index contributed by atoms with van der Waals surface area (Å²) >= 11 is 11.9. The van der Waals surface area contributed by atoms with E-state index in [0.717, 1.165) is 17.5 Å². The van der Waals surface area contributed by atoms with Crippen LogP contribution in [0.15, 0.2) is 48.5 Å². The fourth-order valence-electron chi connectivity index (χ4n) is 2.50. The summed E-state index contributed by atoms with van der Waals surface area (Å²) in [7, 11) is 0. The topological polar surface area (TPSA) is 49.4 Å². The summed E-state index contributed by atoms with van der Waals surface area (Å²) in [5.74, 6) is -0.152. The summed E-state index contributed by atoms with van der Waals surface area (Å²) in [6.07, 6.45) is 0.975. The van der Waals surface area contributed by atoms with Gasteiger partial charge < -0.3 is 10.2 Å². The van der Waals surface area contributed by atoms with Crippen LogP contribution in [-0.4, -0.2) is 29.8 Å². The standard InChI is InChI=1S/C20H22Cl2N2O2/c1-15(25)24(12-10-16-6-8-18(21)9-7-16)13-11-20(26)23-14-17-4-2-3-5-19(17)22/h2-9H,10-14H2,1H3,(H,23,26). The van der Waals surface area contributed by atoms with E-state index in [2.05, 4.69) is 5.32 Å². The first-order valence-corrected chi connectivity index (χ1v) is 9.21. The second-order valence-electron chi connectivity index (χ2n) is 6.00. The molecule has 0 saturated heterocycles. The van der Waals surface area contributed by atoms with Crippen molar-refractivity contribution >= 4 is 35.0 Å². The number of amides is 2. The van der Waals surface area contributed by atoms with Crippen molar-refractivity contribution in [3.05, 3.63) is 69.7 Å². The molecule has 0 aliphatic rings.